The molecule has 0 N–H and O–H groups in total. The van der Waals surface area contributed by atoms with Gasteiger partial charge in [0.05, 0.1) is 0 Å². The SMILES string of the molecule is CCN(CC)C(=O)c1cc(C)nc(N(CC)c2cccc(C)c2)n1. The van der Waals surface area contributed by atoms with Crippen LogP contribution in [0, 0.1) is 13.8 Å². The lowest BCUT2D eigenvalue weighted by Crippen LogP contribution is -2.32. The average molecular weight is 326 g/mol. The molecular formula is C19H26N4O. The van der Waals surface area contributed by atoms with Crippen LogP contribution < -0.4 is 4.90 Å². The summed E-state index contributed by atoms with van der Waals surface area (Å²) < 4.78 is 0. The summed E-state index contributed by atoms with van der Waals surface area (Å²) >= 11 is 0. The highest BCUT2D eigenvalue weighted by Gasteiger charge is 2.18. The fourth-order valence-electron chi connectivity index (χ4n) is 2.69. The lowest BCUT2D eigenvalue weighted by molar-refractivity contribution is 0.0767. The first-order valence-corrected chi connectivity index (χ1v) is 8.49. The predicted molar refractivity (Wildman–Crippen MR) is 97.9 cm³/mol. The number of carbonyl (C=O) groups is 1. The van der Waals surface area contributed by atoms with Crippen LogP contribution in [-0.4, -0.2) is 40.4 Å². The topological polar surface area (TPSA) is 49.3 Å². The Kier molecular flexibility index (Phi) is 5.90. The zero-order chi connectivity index (χ0) is 17.7. The van der Waals surface area contributed by atoms with E-state index < -0.39 is 0 Å². The van der Waals surface area contributed by atoms with Crippen molar-refractivity contribution in [2.75, 3.05) is 24.5 Å². The summed E-state index contributed by atoms with van der Waals surface area (Å²) in [5.41, 5.74) is 3.45. The number of hydrogen-bond donors (Lipinski definition) is 0. The molecule has 1 heterocycles. The van der Waals surface area contributed by atoms with Crippen LogP contribution in [0.3, 0.4) is 0 Å². The van der Waals surface area contributed by atoms with Crippen molar-refractivity contribution in [1.29, 1.82) is 0 Å². The molecule has 0 aliphatic heterocycles. The molecule has 0 atom stereocenters. The lowest BCUT2D eigenvalue weighted by Gasteiger charge is -2.23. The second-order valence-electron chi connectivity index (χ2n) is 5.76. The highest BCUT2D eigenvalue weighted by molar-refractivity contribution is 5.92. The van der Waals surface area contributed by atoms with Crippen molar-refractivity contribution in [3.63, 3.8) is 0 Å². The minimum atomic E-state index is -0.0490. The van der Waals surface area contributed by atoms with Gasteiger partial charge in [-0.15, -0.1) is 0 Å². The summed E-state index contributed by atoms with van der Waals surface area (Å²) in [6, 6.07) is 9.97. The normalized spacial score (nSPS) is 10.5. The summed E-state index contributed by atoms with van der Waals surface area (Å²) in [7, 11) is 0. The number of carbonyl (C=O) groups excluding carboxylic acids is 1. The van der Waals surface area contributed by atoms with E-state index in [0.717, 1.165) is 17.9 Å². The molecule has 5 nitrogen and oxygen atoms in total. The van der Waals surface area contributed by atoms with Crippen LogP contribution in [0.2, 0.25) is 0 Å². The quantitative estimate of drug-likeness (QED) is 0.811. The van der Waals surface area contributed by atoms with Gasteiger partial charge in [0, 0.05) is 31.0 Å². The zero-order valence-electron chi connectivity index (χ0n) is 15.2. The third-order valence-electron chi connectivity index (χ3n) is 3.98. The second-order valence-corrected chi connectivity index (χ2v) is 5.76. The monoisotopic (exact) mass is 326 g/mol. The first-order valence-electron chi connectivity index (χ1n) is 8.49. The van der Waals surface area contributed by atoms with E-state index >= 15 is 0 Å². The van der Waals surface area contributed by atoms with Gasteiger partial charge in [-0.1, -0.05) is 12.1 Å². The molecule has 0 radical (unpaired) electrons. The van der Waals surface area contributed by atoms with Crippen molar-refractivity contribution in [3.8, 4) is 0 Å². The lowest BCUT2D eigenvalue weighted by atomic mass is 10.2. The molecule has 0 saturated carbocycles. The highest BCUT2D eigenvalue weighted by Crippen LogP contribution is 2.23. The summed E-state index contributed by atoms with van der Waals surface area (Å²) in [5, 5.41) is 0. The van der Waals surface area contributed by atoms with Crippen molar-refractivity contribution in [3.05, 3.63) is 47.3 Å². The molecule has 0 aliphatic carbocycles. The Morgan fingerprint density at radius 3 is 2.29 bits per heavy atom. The Morgan fingerprint density at radius 2 is 1.71 bits per heavy atom. The van der Waals surface area contributed by atoms with Gasteiger partial charge in [-0.2, -0.15) is 0 Å². The van der Waals surface area contributed by atoms with Crippen LogP contribution in [0.25, 0.3) is 0 Å². The Balaban J connectivity index is 2.44. The molecule has 2 aromatic rings. The molecular weight excluding hydrogens is 300 g/mol. The highest BCUT2D eigenvalue weighted by atomic mass is 16.2. The number of benzene rings is 1. The van der Waals surface area contributed by atoms with Crippen LogP contribution in [0.1, 0.15) is 42.5 Å². The van der Waals surface area contributed by atoms with E-state index in [-0.39, 0.29) is 5.91 Å². The number of nitrogens with zero attached hydrogens (tertiary/aromatic N) is 4. The van der Waals surface area contributed by atoms with Crippen molar-refractivity contribution in [2.24, 2.45) is 0 Å². The van der Waals surface area contributed by atoms with Gasteiger partial charge in [-0.05, 0) is 58.4 Å². The largest absolute Gasteiger partial charge is 0.338 e. The molecule has 128 valence electrons. The molecule has 0 aliphatic rings. The van der Waals surface area contributed by atoms with E-state index in [2.05, 4.69) is 35.9 Å². The van der Waals surface area contributed by atoms with E-state index in [1.807, 2.05) is 37.8 Å². The number of anilines is 2. The summed E-state index contributed by atoms with van der Waals surface area (Å²) in [5.74, 6) is 0.519. The van der Waals surface area contributed by atoms with Crippen LogP contribution in [0.4, 0.5) is 11.6 Å². The van der Waals surface area contributed by atoms with Crippen LogP contribution in [-0.2, 0) is 0 Å². The van der Waals surface area contributed by atoms with Gasteiger partial charge >= 0.3 is 0 Å². The second kappa shape index (κ2) is 7.90. The number of hydrogen-bond acceptors (Lipinski definition) is 4. The first-order chi connectivity index (χ1) is 11.5. The Hall–Kier alpha value is -2.43. The molecule has 2 rings (SSSR count). The van der Waals surface area contributed by atoms with Crippen LogP contribution in [0.15, 0.2) is 30.3 Å². The number of rotatable bonds is 6. The molecule has 0 fully saturated rings. The first kappa shape index (κ1) is 17.9. The van der Waals surface area contributed by atoms with Gasteiger partial charge in [0.15, 0.2) is 0 Å². The molecule has 0 bridgehead atoms. The predicted octanol–water partition coefficient (Wildman–Crippen LogP) is 3.73. The Labute approximate surface area is 144 Å². The molecule has 0 saturated heterocycles. The molecule has 0 unspecified atom stereocenters. The maximum atomic E-state index is 12.6. The van der Waals surface area contributed by atoms with Crippen LogP contribution in [0.5, 0.6) is 0 Å². The number of amides is 1. The molecule has 1 aromatic carbocycles. The van der Waals surface area contributed by atoms with Gasteiger partial charge in [0.2, 0.25) is 5.95 Å². The fraction of sp³-hybridized carbons (Fsp3) is 0.421. The van der Waals surface area contributed by atoms with Crippen LogP contribution >= 0.6 is 0 Å². The third-order valence-corrected chi connectivity index (χ3v) is 3.98. The molecule has 1 amide bonds. The van der Waals surface area contributed by atoms with Crippen molar-refractivity contribution >= 4 is 17.5 Å². The summed E-state index contributed by atoms with van der Waals surface area (Å²) in [6.07, 6.45) is 0. The standard InChI is InChI=1S/C19H26N4O/c1-6-22(7-2)18(24)17-13-15(5)20-19(21-17)23(8-3)16-11-9-10-14(4)12-16/h9-13H,6-8H2,1-5H3. The van der Waals surface area contributed by atoms with E-state index in [9.17, 15) is 4.79 Å². The van der Waals surface area contributed by atoms with E-state index in [4.69, 9.17) is 0 Å². The number of aromatic nitrogens is 2. The minimum Gasteiger partial charge on any atom is -0.338 e. The molecule has 1 aromatic heterocycles. The maximum absolute atomic E-state index is 12.6. The summed E-state index contributed by atoms with van der Waals surface area (Å²) in [6.45, 7) is 12.0. The molecule has 0 spiro atoms. The minimum absolute atomic E-state index is 0.0490. The summed E-state index contributed by atoms with van der Waals surface area (Å²) in [4.78, 5) is 25.5. The van der Waals surface area contributed by atoms with Crippen molar-refractivity contribution in [1.82, 2.24) is 14.9 Å². The smallest absolute Gasteiger partial charge is 0.272 e. The fourth-order valence-corrected chi connectivity index (χ4v) is 2.69. The zero-order valence-corrected chi connectivity index (χ0v) is 15.2. The van der Waals surface area contributed by atoms with Gasteiger partial charge < -0.3 is 9.80 Å². The Bertz CT molecular complexity index is 710. The van der Waals surface area contributed by atoms with E-state index in [1.165, 1.54) is 5.56 Å². The number of aryl methyl sites for hydroxylation is 2. The molecule has 24 heavy (non-hydrogen) atoms. The maximum Gasteiger partial charge on any atom is 0.272 e. The third kappa shape index (κ3) is 3.91. The van der Waals surface area contributed by atoms with Gasteiger partial charge in [0.1, 0.15) is 5.69 Å². The molecule has 5 heteroatoms. The van der Waals surface area contributed by atoms with Gasteiger partial charge in [-0.25, -0.2) is 9.97 Å². The average Bonchev–Trinajstić information content (AvgIpc) is 2.56. The van der Waals surface area contributed by atoms with E-state index in [0.29, 0.717) is 24.7 Å². The van der Waals surface area contributed by atoms with Crippen molar-refractivity contribution in [2.45, 2.75) is 34.6 Å². The van der Waals surface area contributed by atoms with Gasteiger partial charge in [0.25, 0.3) is 5.91 Å². The van der Waals surface area contributed by atoms with E-state index in [1.54, 1.807) is 11.0 Å². The van der Waals surface area contributed by atoms with Crippen molar-refractivity contribution < 1.29 is 4.79 Å². The Morgan fingerprint density at radius 1 is 1.00 bits per heavy atom. The van der Waals surface area contributed by atoms with Gasteiger partial charge in [-0.3, -0.25) is 4.79 Å².